The van der Waals surface area contributed by atoms with E-state index in [1.807, 2.05) is 19.9 Å². The van der Waals surface area contributed by atoms with Crippen LogP contribution in [-0.4, -0.2) is 48.8 Å². The Hall–Kier alpha value is -2.61. The average molecular weight is 390 g/mol. The van der Waals surface area contributed by atoms with Crippen molar-refractivity contribution in [2.45, 2.75) is 40.2 Å². The molecule has 8 nitrogen and oxygen atoms in total. The molecule has 154 valence electrons. The van der Waals surface area contributed by atoms with Crippen molar-refractivity contribution >= 4 is 34.3 Å². The Kier molecular flexibility index (Phi) is 7.80. The first-order valence-corrected chi connectivity index (χ1v) is 9.56. The van der Waals surface area contributed by atoms with Crippen molar-refractivity contribution in [2.24, 2.45) is 5.92 Å². The van der Waals surface area contributed by atoms with Crippen LogP contribution in [0.25, 0.3) is 11.0 Å². The molecule has 0 fully saturated rings. The van der Waals surface area contributed by atoms with Gasteiger partial charge in [0.1, 0.15) is 5.65 Å². The van der Waals surface area contributed by atoms with Crippen molar-refractivity contribution < 1.29 is 19.1 Å². The van der Waals surface area contributed by atoms with E-state index in [-0.39, 0.29) is 17.5 Å². The third kappa shape index (κ3) is 5.01. The van der Waals surface area contributed by atoms with Gasteiger partial charge in [-0.1, -0.05) is 20.8 Å². The molecule has 0 aliphatic carbocycles. The van der Waals surface area contributed by atoms with E-state index in [1.165, 1.54) is 7.11 Å². The van der Waals surface area contributed by atoms with Crippen molar-refractivity contribution in [3.63, 3.8) is 0 Å². The fraction of sp³-hybridized carbons (Fsp3) is 0.550. The maximum Gasteiger partial charge on any atom is 0.356 e. The van der Waals surface area contributed by atoms with Crippen molar-refractivity contribution in [3.8, 4) is 0 Å². The summed E-state index contributed by atoms with van der Waals surface area (Å²) in [6.07, 6.45) is 3.05. The number of aromatic nitrogens is 2. The number of methoxy groups -OCH3 is 2. The van der Waals surface area contributed by atoms with E-state index in [4.69, 9.17) is 9.47 Å². The van der Waals surface area contributed by atoms with Crippen LogP contribution in [0.2, 0.25) is 0 Å². The molecule has 0 spiro atoms. The van der Waals surface area contributed by atoms with Crippen LogP contribution in [0.15, 0.2) is 12.3 Å². The molecule has 2 N–H and O–H groups in total. The van der Waals surface area contributed by atoms with Gasteiger partial charge in [0.05, 0.1) is 31.3 Å². The summed E-state index contributed by atoms with van der Waals surface area (Å²) in [5.41, 5.74) is 2.12. The highest BCUT2D eigenvalue weighted by Gasteiger charge is 2.26. The quantitative estimate of drug-likeness (QED) is 0.605. The molecule has 8 heteroatoms. The molecule has 0 aromatic carbocycles. The topological polar surface area (TPSA) is 94.5 Å². The maximum atomic E-state index is 12.6. The smallest absolute Gasteiger partial charge is 0.356 e. The lowest BCUT2D eigenvalue weighted by molar-refractivity contribution is -0.116. The largest absolute Gasteiger partial charge is 0.464 e. The van der Waals surface area contributed by atoms with E-state index >= 15 is 0 Å². The minimum absolute atomic E-state index is 0.155. The Morgan fingerprint density at radius 1 is 1.29 bits per heavy atom. The Morgan fingerprint density at radius 2 is 2.04 bits per heavy atom. The van der Waals surface area contributed by atoms with E-state index < -0.39 is 5.97 Å². The highest BCUT2D eigenvalue weighted by molar-refractivity contribution is 6.11. The van der Waals surface area contributed by atoms with Gasteiger partial charge in [-0.15, -0.1) is 0 Å². The number of nitrogens with zero attached hydrogens (tertiary/aromatic N) is 2. The molecular weight excluding hydrogens is 360 g/mol. The monoisotopic (exact) mass is 390 g/mol. The summed E-state index contributed by atoms with van der Waals surface area (Å²) in [7, 11) is 2.91. The van der Waals surface area contributed by atoms with Crippen LogP contribution >= 0.6 is 0 Å². The Morgan fingerprint density at radius 3 is 2.64 bits per heavy atom. The molecule has 0 atom stereocenters. The molecule has 0 saturated carbocycles. The lowest BCUT2D eigenvalue weighted by Gasteiger charge is -2.11. The molecule has 0 radical (unpaired) electrons. The second-order valence-corrected chi connectivity index (χ2v) is 7.03. The van der Waals surface area contributed by atoms with Crippen LogP contribution in [0.1, 0.15) is 44.1 Å². The van der Waals surface area contributed by atoms with Gasteiger partial charge in [-0.05, 0) is 18.4 Å². The maximum absolute atomic E-state index is 12.6. The van der Waals surface area contributed by atoms with Gasteiger partial charge in [-0.3, -0.25) is 4.79 Å². The molecule has 0 unspecified atom stereocenters. The fourth-order valence-corrected chi connectivity index (χ4v) is 2.99. The molecule has 2 aromatic heterocycles. The Labute approximate surface area is 165 Å². The Bertz CT molecular complexity index is 829. The first-order valence-electron chi connectivity index (χ1n) is 9.56. The standard InChI is InChI=1S/C20H30N4O4/c1-6-7-21-14-11-15-17(23-16(25)10-13(2)3)18(20(26)28-5)24(8-9-27-4)19(15)22-12-14/h11-13,21H,6-10H2,1-5H3,(H,23,25). The summed E-state index contributed by atoms with van der Waals surface area (Å²) in [5.74, 6) is -0.488. The lowest BCUT2D eigenvalue weighted by Crippen LogP contribution is -2.19. The van der Waals surface area contributed by atoms with Crippen LogP contribution in [0.5, 0.6) is 0 Å². The number of ether oxygens (including phenoxy) is 2. The number of amides is 1. The van der Waals surface area contributed by atoms with Crippen LogP contribution in [0, 0.1) is 5.92 Å². The van der Waals surface area contributed by atoms with Gasteiger partial charge in [-0.25, -0.2) is 9.78 Å². The summed E-state index contributed by atoms with van der Waals surface area (Å²) >= 11 is 0. The number of carbonyl (C=O) groups is 2. The van der Waals surface area contributed by atoms with Crippen molar-refractivity contribution in [1.82, 2.24) is 9.55 Å². The summed E-state index contributed by atoms with van der Waals surface area (Å²) in [4.78, 5) is 29.6. The van der Waals surface area contributed by atoms with Crippen molar-refractivity contribution in [3.05, 3.63) is 18.0 Å². The number of fused-ring (bicyclic) bond motifs is 1. The van der Waals surface area contributed by atoms with Gasteiger partial charge in [0.15, 0.2) is 5.69 Å². The minimum Gasteiger partial charge on any atom is -0.464 e. The normalized spacial score (nSPS) is 11.1. The van der Waals surface area contributed by atoms with E-state index in [1.54, 1.807) is 17.9 Å². The Balaban J connectivity index is 2.63. The third-order valence-corrected chi connectivity index (χ3v) is 4.23. The van der Waals surface area contributed by atoms with Gasteiger partial charge in [-0.2, -0.15) is 0 Å². The molecule has 0 bridgehead atoms. The fourth-order valence-electron chi connectivity index (χ4n) is 2.99. The number of anilines is 2. The number of hydrogen-bond donors (Lipinski definition) is 2. The van der Waals surface area contributed by atoms with E-state index in [9.17, 15) is 9.59 Å². The molecule has 2 rings (SSSR count). The van der Waals surface area contributed by atoms with Gasteiger partial charge in [0.2, 0.25) is 5.91 Å². The summed E-state index contributed by atoms with van der Waals surface area (Å²) in [6.45, 7) is 7.62. The number of pyridine rings is 1. The van der Waals surface area contributed by atoms with Gasteiger partial charge in [0, 0.05) is 32.0 Å². The zero-order valence-corrected chi connectivity index (χ0v) is 17.3. The third-order valence-electron chi connectivity index (χ3n) is 4.23. The van der Waals surface area contributed by atoms with E-state index in [0.717, 1.165) is 18.7 Å². The number of hydrogen-bond acceptors (Lipinski definition) is 6. The molecular formula is C20H30N4O4. The highest BCUT2D eigenvalue weighted by Crippen LogP contribution is 2.33. The van der Waals surface area contributed by atoms with Gasteiger partial charge in [0.25, 0.3) is 0 Å². The average Bonchev–Trinajstić information content (AvgIpc) is 2.96. The summed E-state index contributed by atoms with van der Waals surface area (Å²) in [6, 6.07) is 1.90. The summed E-state index contributed by atoms with van der Waals surface area (Å²) in [5, 5.41) is 6.89. The second-order valence-electron chi connectivity index (χ2n) is 7.03. The number of rotatable bonds is 10. The molecule has 0 aliphatic heterocycles. The molecule has 1 amide bonds. The zero-order chi connectivity index (χ0) is 20.7. The molecule has 2 heterocycles. The van der Waals surface area contributed by atoms with Crippen molar-refractivity contribution in [1.29, 1.82) is 0 Å². The summed E-state index contributed by atoms with van der Waals surface area (Å²) < 4.78 is 11.9. The molecule has 0 aliphatic rings. The van der Waals surface area contributed by atoms with Gasteiger partial charge < -0.3 is 24.7 Å². The van der Waals surface area contributed by atoms with Crippen LogP contribution in [0.4, 0.5) is 11.4 Å². The number of carbonyl (C=O) groups excluding carboxylic acids is 2. The first kappa shape index (κ1) is 21.7. The molecule has 2 aromatic rings. The number of nitrogens with one attached hydrogen (secondary N) is 2. The zero-order valence-electron chi connectivity index (χ0n) is 17.3. The predicted molar refractivity (Wildman–Crippen MR) is 110 cm³/mol. The SMILES string of the molecule is CCCNc1cnc2c(c1)c(NC(=O)CC(C)C)c(C(=O)OC)n2CCOC. The predicted octanol–water partition coefficient (Wildman–Crippen LogP) is 3.28. The van der Waals surface area contributed by atoms with Crippen LogP contribution < -0.4 is 10.6 Å². The number of esters is 1. The van der Waals surface area contributed by atoms with Crippen LogP contribution in [-0.2, 0) is 20.8 Å². The van der Waals surface area contributed by atoms with E-state index in [2.05, 4.69) is 22.5 Å². The lowest BCUT2D eigenvalue weighted by atomic mass is 10.1. The molecule has 0 saturated heterocycles. The molecule has 28 heavy (non-hydrogen) atoms. The van der Waals surface area contributed by atoms with Gasteiger partial charge >= 0.3 is 5.97 Å². The second kappa shape index (κ2) is 10.1. The highest BCUT2D eigenvalue weighted by atomic mass is 16.5. The van der Waals surface area contributed by atoms with Crippen molar-refractivity contribution in [2.75, 3.05) is 38.0 Å². The van der Waals surface area contributed by atoms with Crippen LogP contribution in [0.3, 0.4) is 0 Å². The van der Waals surface area contributed by atoms with E-state index in [0.29, 0.717) is 36.3 Å². The minimum atomic E-state index is -0.531. The first-order chi connectivity index (χ1) is 13.4.